The number of hydrogen-bond donors (Lipinski definition) is 0. The number of nitrogens with zero attached hydrogens (tertiary/aromatic N) is 3. The SMILES string of the molecule is Cc1cc(C)nc(SCc2ccc(Cl)nn2)c1. The lowest BCUT2D eigenvalue weighted by atomic mass is 10.3. The third-order valence-electron chi connectivity index (χ3n) is 2.13. The fourth-order valence-corrected chi connectivity index (χ4v) is 2.47. The van der Waals surface area contributed by atoms with E-state index in [0.29, 0.717) is 5.15 Å². The number of rotatable bonds is 3. The van der Waals surface area contributed by atoms with Gasteiger partial charge in [0.05, 0.1) is 10.7 Å². The predicted octanol–water partition coefficient (Wildman–Crippen LogP) is 3.43. The molecule has 0 bridgehead atoms. The van der Waals surface area contributed by atoms with E-state index in [-0.39, 0.29) is 0 Å². The Hall–Kier alpha value is -1.13. The second-order valence-corrected chi connectivity index (χ2v) is 5.14. The van der Waals surface area contributed by atoms with E-state index in [4.69, 9.17) is 11.6 Å². The van der Waals surface area contributed by atoms with Crippen LogP contribution in [0, 0.1) is 13.8 Å². The van der Waals surface area contributed by atoms with Crippen molar-refractivity contribution in [1.82, 2.24) is 15.2 Å². The predicted molar refractivity (Wildman–Crippen MR) is 70.3 cm³/mol. The third-order valence-corrected chi connectivity index (χ3v) is 3.28. The van der Waals surface area contributed by atoms with E-state index < -0.39 is 0 Å². The molecule has 0 N–H and O–H groups in total. The molecule has 2 rings (SSSR count). The highest BCUT2D eigenvalue weighted by Crippen LogP contribution is 2.21. The molecule has 17 heavy (non-hydrogen) atoms. The highest BCUT2D eigenvalue weighted by molar-refractivity contribution is 7.98. The summed E-state index contributed by atoms with van der Waals surface area (Å²) in [5.74, 6) is 0.750. The molecule has 0 saturated heterocycles. The molecule has 0 amide bonds. The fraction of sp³-hybridized carbons (Fsp3) is 0.250. The van der Waals surface area contributed by atoms with Crippen LogP contribution in [0.4, 0.5) is 0 Å². The van der Waals surface area contributed by atoms with Crippen molar-refractivity contribution in [3.63, 3.8) is 0 Å². The fourth-order valence-electron chi connectivity index (χ4n) is 1.45. The highest BCUT2D eigenvalue weighted by Gasteiger charge is 2.01. The maximum absolute atomic E-state index is 5.68. The van der Waals surface area contributed by atoms with Gasteiger partial charge < -0.3 is 0 Å². The number of hydrogen-bond acceptors (Lipinski definition) is 4. The average Bonchev–Trinajstić information content (AvgIpc) is 2.27. The number of aryl methyl sites for hydroxylation is 2. The summed E-state index contributed by atoms with van der Waals surface area (Å²) in [6, 6.07) is 7.76. The number of halogens is 1. The van der Waals surface area contributed by atoms with E-state index in [1.807, 2.05) is 13.0 Å². The van der Waals surface area contributed by atoms with Crippen molar-refractivity contribution in [1.29, 1.82) is 0 Å². The van der Waals surface area contributed by atoms with Gasteiger partial charge in [0.2, 0.25) is 0 Å². The molecule has 0 aromatic carbocycles. The minimum atomic E-state index is 0.420. The van der Waals surface area contributed by atoms with Crippen molar-refractivity contribution in [3.8, 4) is 0 Å². The number of thioether (sulfide) groups is 1. The highest BCUT2D eigenvalue weighted by atomic mass is 35.5. The molecular formula is C12H12ClN3S. The largest absolute Gasteiger partial charge is 0.247 e. The lowest BCUT2D eigenvalue weighted by Crippen LogP contribution is -1.92. The molecule has 5 heteroatoms. The van der Waals surface area contributed by atoms with Crippen LogP contribution in [0.5, 0.6) is 0 Å². The van der Waals surface area contributed by atoms with Gasteiger partial charge in [0, 0.05) is 11.4 Å². The molecule has 0 atom stereocenters. The zero-order chi connectivity index (χ0) is 12.3. The van der Waals surface area contributed by atoms with E-state index in [1.165, 1.54) is 5.56 Å². The van der Waals surface area contributed by atoms with Crippen molar-refractivity contribution in [2.24, 2.45) is 0 Å². The molecule has 0 saturated carbocycles. The normalized spacial score (nSPS) is 10.5. The Bertz CT molecular complexity index is 493. The van der Waals surface area contributed by atoms with E-state index in [2.05, 4.69) is 34.2 Å². The summed E-state index contributed by atoms with van der Waals surface area (Å²) in [4.78, 5) is 4.46. The third kappa shape index (κ3) is 3.68. The van der Waals surface area contributed by atoms with E-state index >= 15 is 0 Å². The van der Waals surface area contributed by atoms with Crippen molar-refractivity contribution in [2.45, 2.75) is 24.6 Å². The van der Waals surface area contributed by atoms with Crippen molar-refractivity contribution < 1.29 is 0 Å². The minimum Gasteiger partial charge on any atom is -0.247 e. The summed E-state index contributed by atoms with van der Waals surface area (Å²) in [6.45, 7) is 4.07. The minimum absolute atomic E-state index is 0.420. The van der Waals surface area contributed by atoms with Gasteiger partial charge in [-0.15, -0.1) is 5.10 Å². The lowest BCUT2D eigenvalue weighted by Gasteiger charge is -2.03. The lowest BCUT2D eigenvalue weighted by molar-refractivity contribution is 0.968. The Labute approximate surface area is 110 Å². The number of aromatic nitrogens is 3. The molecule has 0 aliphatic heterocycles. The molecule has 0 fully saturated rings. The molecule has 2 heterocycles. The Balaban J connectivity index is 2.04. The quantitative estimate of drug-likeness (QED) is 0.797. The van der Waals surface area contributed by atoms with Gasteiger partial charge in [-0.25, -0.2) is 4.98 Å². The van der Waals surface area contributed by atoms with Gasteiger partial charge in [-0.2, -0.15) is 5.10 Å². The van der Waals surface area contributed by atoms with Crippen LogP contribution in [0.3, 0.4) is 0 Å². The van der Waals surface area contributed by atoms with Crippen LogP contribution in [0.15, 0.2) is 29.3 Å². The van der Waals surface area contributed by atoms with Crippen LogP contribution in [-0.4, -0.2) is 15.2 Å². The summed E-state index contributed by atoms with van der Waals surface area (Å²) in [6.07, 6.45) is 0. The van der Waals surface area contributed by atoms with Gasteiger partial charge >= 0.3 is 0 Å². The van der Waals surface area contributed by atoms with E-state index in [0.717, 1.165) is 22.2 Å². The molecule has 0 spiro atoms. The van der Waals surface area contributed by atoms with E-state index in [9.17, 15) is 0 Å². The van der Waals surface area contributed by atoms with Crippen molar-refractivity contribution in [2.75, 3.05) is 0 Å². The summed E-state index contributed by atoms with van der Waals surface area (Å²) in [5, 5.41) is 9.25. The number of pyridine rings is 1. The first-order valence-corrected chi connectivity index (χ1v) is 6.56. The summed E-state index contributed by atoms with van der Waals surface area (Å²) < 4.78 is 0. The Morgan fingerprint density at radius 2 is 2.00 bits per heavy atom. The average molecular weight is 266 g/mol. The van der Waals surface area contributed by atoms with Crippen LogP contribution in [0.2, 0.25) is 5.15 Å². The Kier molecular flexibility index (Phi) is 3.97. The van der Waals surface area contributed by atoms with Crippen molar-refractivity contribution in [3.05, 3.63) is 46.4 Å². The summed E-state index contributed by atoms with van der Waals surface area (Å²) in [7, 11) is 0. The molecule has 0 unspecified atom stereocenters. The first kappa shape index (κ1) is 12.3. The van der Waals surface area contributed by atoms with Gasteiger partial charge in [0.1, 0.15) is 0 Å². The summed E-state index contributed by atoms with van der Waals surface area (Å²) in [5.41, 5.74) is 3.16. The van der Waals surface area contributed by atoms with Crippen LogP contribution in [0.25, 0.3) is 0 Å². The second-order valence-electron chi connectivity index (χ2n) is 3.76. The maximum Gasteiger partial charge on any atom is 0.151 e. The first-order valence-electron chi connectivity index (χ1n) is 5.20. The Morgan fingerprint density at radius 3 is 2.65 bits per heavy atom. The first-order chi connectivity index (χ1) is 8.13. The molecular weight excluding hydrogens is 254 g/mol. The second kappa shape index (κ2) is 5.47. The molecule has 3 nitrogen and oxygen atoms in total. The standard InChI is InChI=1S/C12H12ClN3S/c1-8-5-9(2)14-12(6-8)17-7-10-3-4-11(13)16-15-10/h3-6H,7H2,1-2H3. The topological polar surface area (TPSA) is 38.7 Å². The zero-order valence-corrected chi connectivity index (χ0v) is 11.2. The smallest absolute Gasteiger partial charge is 0.151 e. The maximum atomic E-state index is 5.68. The Morgan fingerprint density at radius 1 is 1.18 bits per heavy atom. The van der Waals surface area contributed by atoms with Gasteiger partial charge in [0.25, 0.3) is 0 Å². The molecule has 88 valence electrons. The summed E-state index contributed by atoms with van der Waals surface area (Å²) >= 11 is 7.33. The van der Waals surface area contributed by atoms with Gasteiger partial charge in [-0.05, 0) is 43.7 Å². The monoisotopic (exact) mass is 265 g/mol. The zero-order valence-electron chi connectivity index (χ0n) is 9.64. The molecule has 0 radical (unpaired) electrons. The van der Waals surface area contributed by atoms with Crippen LogP contribution < -0.4 is 0 Å². The molecule has 2 aromatic rings. The van der Waals surface area contributed by atoms with E-state index in [1.54, 1.807) is 17.8 Å². The van der Waals surface area contributed by atoms with Crippen molar-refractivity contribution >= 4 is 23.4 Å². The van der Waals surface area contributed by atoms with Gasteiger partial charge in [-0.1, -0.05) is 23.4 Å². The van der Waals surface area contributed by atoms with Gasteiger partial charge in [-0.3, -0.25) is 0 Å². The van der Waals surface area contributed by atoms with Crippen LogP contribution in [-0.2, 0) is 5.75 Å². The van der Waals surface area contributed by atoms with Gasteiger partial charge in [0.15, 0.2) is 5.15 Å². The molecule has 0 aliphatic carbocycles. The van der Waals surface area contributed by atoms with Crippen LogP contribution in [0.1, 0.15) is 17.0 Å². The molecule has 2 aromatic heterocycles. The van der Waals surface area contributed by atoms with Crippen LogP contribution >= 0.6 is 23.4 Å². The molecule has 0 aliphatic rings.